The first-order valence-corrected chi connectivity index (χ1v) is 7.63. The average Bonchev–Trinajstić information content (AvgIpc) is 2.88. The number of fused-ring (bicyclic) bond motifs is 3. The van der Waals surface area contributed by atoms with Crippen molar-refractivity contribution >= 4 is 21.8 Å². The summed E-state index contributed by atoms with van der Waals surface area (Å²) < 4.78 is 13.7. The molecular weight excluding hydrogens is 262 g/mol. The molecule has 1 aliphatic rings. The summed E-state index contributed by atoms with van der Waals surface area (Å²) in [4.78, 5) is 0. The molecule has 0 bridgehead atoms. The van der Waals surface area contributed by atoms with Crippen molar-refractivity contribution < 1.29 is 9.47 Å². The van der Waals surface area contributed by atoms with Gasteiger partial charge in [-0.1, -0.05) is 36.4 Å². The number of para-hydroxylation sites is 2. The Morgan fingerprint density at radius 1 is 0.857 bits per heavy atom. The van der Waals surface area contributed by atoms with Crippen LogP contribution in [0, 0.1) is 0 Å². The first-order valence-electron chi connectivity index (χ1n) is 7.63. The quantitative estimate of drug-likeness (QED) is 0.725. The molecule has 3 aromatic rings. The number of aromatic nitrogens is 1. The lowest BCUT2D eigenvalue weighted by molar-refractivity contribution is -0.182. The molecule has 0 spiro atoms. The lowest BCUT2D eigenvalue weighted by atomic mass is 10.2. The summed E-state index contributed by atoms with van der Waals surface area (Å²) in [5.41, 5.74) is 2.57. The Labute approximate surface area is 124 Å². The lowest BCUT2D eigenvalue weighted by Crippen LogP contribution is -2.26. The van der Waals surface area contributed by atoms with Gasteiger partial charge in [0.05, 0.1) is 13.2 Å². The molecule has 0 saturated carbocycles. The van der Waals surface area contributed by atoms with Gasteiger partial charge in [-0.15, -0.1) is 0 Å². The van der Waals surface area contributed by atoms with E-state index in [2.05, 4.69) is 53.1 Å². The largest absolute Gasteiger partial charge is 0.353 e. The number of hydrogen-bond donors (Lipinski definition) is 0. The van der Waals surface area contributed by atoms with Gasteiger partial charge in [-0.05, 0) is 18.6 Å². The van der Waals surface area contributed by atoms with Crippen molar-refractivity contribution in [2.45, 2.75) is 25.7 Å². The predicted molar refractivity (Wildman–Crippen MR) is 84.4 cm³/mol. The Morgan fingerprint density at radius 3 is 2.05 bits per heavy atom. The molecule has 3 heteroatoms. The van der Waals surface area contributed by atoms with Gasteiger partial charge in [0.15, 0.2) is 6.29 Å². The van der Waals surface area contributed by atoms with Crippen molar-refractivity contribution in [1.82, 2.24) is 4.57 Å². The van der Waals surface area contributed by atoms with Crippen LogP contribution in [0.5, 0.6) is 0 Å². The van der Waals surface area contributed by atoms with Gasteiger partial charge in [-0.2, -0.15) is 0 Å². The van der Waals surface area contributed by atoms with E-state index in [1.807, 2.05) is 0 Å². The number of hydrogen-bond acceptors (Lipinski definition) is 2. The summed E-state index contributed by atoms with van der Waals surface area (Å²) in [6.07, 6.45) is 1.84. The summed E-state index contributed by atoms with van der Waals surface area (Å²) in [6, 6.07) is 17.2. The smallest absolute Gasteiger partial charge is 0.159 e. The summed E-state index contributed by atoms with van der Waals surface area (Å²) in [5, 5.41) is 2.64. The molecular formula is C18H19NO2. The molecule has 1 aromatic heterocycles. The van der Waals surface area contributed by atoms with E-state index in [4.69, 9.17) is 9.47 Å². The van der Waals surface area contributed by atoms with Gasteiger partial charge >= 0.3 is 0 Å². The Hall–Kier alpha value is -1.84. The molecule has 2 aromatic carbocycles. The van der Waals surface area contributed by atoms with Gasteiger partial charge in [0, 0.05) is 34.8 Å². The SMILES string of the molecule is c1ccc2c(c1)c1ccccc1n2CCC1OCCCO1. The zero-order valence-corrected chi connectivity index (χ0v) is 12.0. The number of ether oxygens (including phenoxy) is 2. The molecule has 0 atom stereocenters. The van der Waals surface area contributed by atoms with Crippen LogP contribution in [-0.4, -0.2) is 24.1 Å². The van der Waals surface area contributed by atoms with Crippen LogP contribution in [0.25, 0.3) is 21.8 Å². The van der Waals surface area contributed by atoms with Gasteiger partial charge in [0.25, 0.3) is 0 Å². The maximum Gasteiger partial charge on any atom is 0.159 e. The highest BCUT2D eigenvalue weighted by atomic mass is 16.7. The minimum absolute atomic E-state index is 0.0568. The maximum absolute atomic E-state index is 5.66. The molecule has 21 heavy (non-hydrogen) atoms. The fraction of sp³-hybridized carbons (Fsp3) is 0.333. The summed E-state index contributed by atoms with van der Waals surface area (Å²) >= 11 is 0. The Kier molecular flexibility index (Phi) is 3.37. The van der Waals surface area contributed by atoms with E-state index in [1.54, 1.807) is 0 Å². The monoisotopic (exact) mass is 281 g/mol. The number of benzene rings is 2. The van der Waals surface area contributed by atoms with Crippen molar-refractivity contribution in [3.63, 3.8) is 0 Å². The van der Waals surface area contributed by atoms with Crippen LogP contribution in [0.15, 0.2) is 48.5 Å². The predicted octanol–water partition coefficient (Wildman–Crippen LogP) is 3.95. The van der Waals surface area contributed by atoms with E-state index in [9.17, 15) is 0 Å². The molecule has 0 radical (unpaired) electrons. The van der Waals surface area contributed by atoms with Crippen molar-refractivity contribution in [3.05, 3.63) is 48.5 Å². The highest BCUT2D eigenvalue weighted by Crippen LogP contribution is 2.29. The van der Waals surface area contributed by atoms with Crippen LogP contribution < -0.4 is 0 Å². The molecule has 1 fully saturated rings. The normalized spacial score (nSPS) is 16.8. The number of rotatable bonds is 3. The molecule has 2 heterocycles. The van der Waals surface area contributed by atoms with Crippen LogP contribution in [0.2, 0.25) is 0 Å². The molecule has 1 aliphatic heterocycles. The number of aryl methyl sites for hydroxylation is 1. The third kappa shape index (κ3) is 2.33. The molecule has 0 N–H and O–H groups in total. The minimum atomic E-state index is -0.0568. The lowest BCUT2D eigenvalue weighted by Gasteiger charge is -2.23. The Bertz CT molecular complexity index is 703. The van der Waals surface area contributed by atoms with E-state index in [1.165, 1.54) is 21.8 Å². The summed E-state index contributed by atoms with van der Waals surface area (Å²) in [7, 11) is 0. The van der Waals surface area contributed by atoms with Crippen molar-refractivity contribution in [2.75, 3.05) is 13.2 Å². The van der Waals surface area contributed by atoms with E-state index in [0.29, 0.717) is 0 Å². The van der Waals surface area contributed by atoms with Crippen molar-refractivity contribution in [2.24, 2.45) is 0 Å². The minimum Gasteiger partial charge on any atom is -0.353 e. The van der Waals surface area contributed by atoms with Crippen molar-refractivity contribution in [3.8, 4) is 0 Å². The zero-order chi connectivity index (χ0) is 14.1. The molecule has 3 nitrogen and oxygen atoms in total. The van der Waals surface area contributed by atoms with Crippen molar-refractivity contribution in [1.29, 1.82) is 0 Å². The Balaban J connectivity index is 1.71. The third-order valence-electron chi connectivity index (χ3n) is 4.16. The second-order valence-electron chi connectivity index (χ2n) is 5.50. The van der Waals surface area contributed by atoms with Crippen LogP contribution >= 0.6 is 0 Å². The standard InChI is InChI=1S/C18H19NO2/c1-3-8-16-14(6-1)15-7-2-4-9-17(15)19(16)11-10-18-20-12-5-13-21-18/h1-4,6-9,18H,5,10-13H2. The molecule has 108 valence electrons. The second-order valence-corrected chi connectivity index (χ2v) is 5.50. The van der Waals surface area contributed by atoms with Gasteiger partial charge in [0.2, 0.25) is 0 Å². The summed E-state index contributed by atoms with van der Waals surface area (Å²) in [6.45, 7) is 2.55. The molecule has 4 rings (SSSR count). The Morgan fingerprint density at radius 2 is 1.43 bits per heavy atom. The number of nitrogens with zero attached hydrogens (tertiary/aromatic N) is 1. The topological polar surface area (TPSA) is 23.4 Å². The van der Waals surface area contributed by atoms with E-state index < -0.39 is 0 Å². The average molecular weight is 281 g/mol. The second kappa shape index (κ2) is 5.51. The van der Waals surface area contributed by atoms with Gasteiger partial charge in [-0.3, -0.25) is 0 Å². The van der Waals surface area contributed by atoms with Crippen LogP contribution in [-0.2, 0) is 16.0 Å². The first kappa shape index (κ1) is 12.9. The van der Waals surface area contributed by atoms with Crippen LogP contribution in [0.3, 0.4) is 0 Å². The van der Waals surface area contributed by atoms with E-state index >= 15 is 0 Å². The fourth-order valence-electron chi connectivity index (χ4n) is 3.18. The molecule has 0 unspecified atom stereocenters. The van der Waals surface area contributed by atoms with Gasteiger partial charge < -0.3 is 14.0 Å². The van der Waals surface area contributed by atoms with Gasteiger partial charge in [0.1, 0.15) is 0 Å². The molecule has 0 amide bonds. The first-order chi connectivity index (χ1) is 10.4. The van der Waals surface area contributed by atoms with Crippen LogP contribution in [0.1, 0.15) is 12.8 Å². The molecule has 0 aliphatic carbocycles. The highest BCUT2D eigenvalue weighted by molar-refractivity contribution is 6.07. The van der Waals surface area contributed by atoms with E-state index in [-0.39, 0.29) is 6.29 Å². The fourth-order valence-corrected chi connectivity index (χ4v) is 3.18. The maximum atomic E-state index is 5.66. The van der Waals surface area contributed by atoms with E-state index in [0.717, 1.165) is 32.6 Å². The zero-order valence-electron chi connectivity index (χ0n) is 12.0. The molecule has 1 saturated heterocycles. The van der Waals surface area contributed by atoms with Crippen LogP contribution in [0.4, 0.5) is 0 Å². The van der Waals surface area contributed by atoms with Gasteiger partial charge in [-0.25, -0.2) is 0 Å². The summed E-state index contributed by atoms with van der Waals surface area (Å²) in [5.74, 6) is 0. The highest BCUT2D eigenvalue weighted by Gasteiger charge is 2.16. The third-order valence-corrected chi connectivity index (χ3v) is 4.16.